The fraction of sp³-hybridized carbons (Fsp3) is 0.750. The van der Waals surface area contributed by atoms with Gasteiger partial charge in [-0.15, -0.1) is 0 Å². The quantitative estimate of drug-likeness (QED) is 0.587. The summed E-state index contributed by atoms with van der Waals surface area (Å²) in [5.74, 6) is -2.85. The Kier molecular flexibility index (Phi) is 3.08. The van der Waals surface area contributed by atoms with Crippen LogP contribution in [-0.4, -0.2) is 25.2 Å². The molecule has 0 aromatic heterocycles. The molecule has 0 amide bonds. The SMILES string of the molecule is [2H]C([2H])(C(=O)OCC)C([2H])([2H])C(=O)OCC. The minimum Gasteiger partial charge on any atom is -0.466 e. The number of hydrogen-bond acceptors (Lipinski definition) is 4. The first kappa shape index (κ1) is 5.56. The van der Waals surface area contributed by atoms with Gasteiger partial charge in [-0.1, -0.05) is 0 Å². The van der Waals surface area contributed by atoms with Gasteiger partial charge in [0.2, 0.25) is 0 Å². The molecule has 0 aliphatic rings. The monoisotopic (exact) mass is 178 g/mol. The molecular weight excluding hydrogens is 160 g/mol. The van der Waals surface area contributed by atoms with Gasteiger partial charge in [0.15, 0.2) is 0 Å². The maximum absolute atomic E-state index is 11.2. The fourth-order valence-electron chi connectivity index (χ4n) is 0.436. The van der Waals surface area contributed by atoms with Crippen LogP contribution in [0.2, 0.25) is 0 Å². The summed E-state index contributed by atoms with van der Waals surface area (Å²) in [6, 6.07) is 0. The maximum Gasteiger partial charge on any atom is 0.306 e. The number of carbonyl (C=O) groups is 2. The maximum atomic E-state index is 11.2. The highest BCUT2D eigenvalue weighted by Gasteiger charge is 2.06. The number of hydrogen-bond donors (Lipinski definition) is 0. The van der Waals surface area contributed by atoms with Crippen LogP contribution < -0.4 is 0 Å². The lowest BCUT2D eigenvalue weighted by atomic mass is 10.3. The first-order chi connectivity index (χ1) is 7.21. The lowest BCUT2D eigenvalue weighted by Crippen LogP contribution is -2.09. The smallest absolute Gasteiger partial charge is 0.306 e. The Balaban J connectivity index is 4.96. The molecule has 0 aliphatic carbocycles. The Bertz CT molecular complexity index is 249. The molecule has 0 spiro atoms. The van der Waals surface area contributed by atoms with Crippen LogP contribution in [0.15, 0.2) is 0 Å². The van der Waals surface area contributed by atoms with E-state index in [0.29, 0.717) is 0 Å². The van der Waals surface area contributed by atoms with Gasteiger partial charge in [0.25, 0.3) is 0 Å². The number of carbonyl (C=O) groups excluding carboxylic acids is 2. The first-order valence-corrected chi connectivity index (χ1v) is 3.56. The molecule has 0 fully saturated rings. The van der Waals surface area contributed by atoms with E-state index in [1.807, 2.05) is 0 Å². The van der Waals surface area contributed by atoms with Crippen LogP contribution in [0.1, 0.15) is 32.1 Å². The highest BCUT2D eigenvalue weighted by molar-refractivity contribution is 5.77. The van der Waals surface area contributed by atoms with Gasteiger partial charge < -0.3 is 9.47 Å². The van der Waals surface area contributed by atoms with Crippen LogP contribution in [-0.2, 0) is 19.1 Å². The molecule has 70 valence electrons. The van der Waals surface area contributed by atoms with Crippen LogP contribution in [0.3, 0.4) is 0 Å². The van der Waals surface area contributed by atoms with Gasteiger partial charge in [0, 0.05) is 5.48 Å². The number of ether oxygens (including phenoxy) is 2. The van der Waals surface area contributed by atoms with Gasteiger partial charge in [0.05, 0.1) is 26.0 Å². The van der Waals surface area contributed by atoms with Crippen LogP contribution >= 0.6 is 0 Å². The van der Waals surface area contributed by atoms with E-state index in [1.165, 1.54) is 13.8 Å². The van der Waals surface area contributed by atoms with E-state index in [2.05, 4.69) is 9.47 Å². The van der Waals surface area contributed by atoms with E-state index in [4.69, 9.17) is 5.48 Å². The average Bonchev–Trinajstić information content (AvgIpc) is 2.18. The first-order valence-electron chi connectivity index (χ1n) is 5.56. The molecule has 0 radical (unpaired) electrons. The molecule has 0 heterocycles. The van der Waals surface area contributed by atoms with Crippen molar-refractivity contribution in [1.29, 1.82) is 0 Å². The summed E-state index contributed by atoms with van der Waals surface area (Å²) in [6.45, 7) is 2.70. The molecule has 0 unspecified atom stereocenters. The summed E-state index contributed by atoms with van der Waals surface area (Å²) in [6.07, 6.45) is -6.15. The Morgan fingerprint density at radius 2 is 1.42 bits per heavy atom. The zero-order chi connectivity index (χ0) is 13.0. The largest absolute Gasteiger partial charge is 0.466 e. The molecule has 0 N–H and O–H groups in total. The van der Waals surface area contributed by atoms with Crippen molar-refractivity contribution in [2.75, 3.05) is 13.2 Å². The van der Waals surface area contributed by atoms with Crippen LogP contribution in [0, 0.1) is 0 Å². The number of rotatable bonds is 5. The van der Waals surface area contributed by atoms with Crippen molar-refractivity contribution in [3.63, 3.8) is 0 Å². The van der Waals surface area contributed by atoms with E-state index in [1.54, 1.807) is 0 Å². The van der Waals surface area contributed by atoms with Crippen molar-refractivity contribution >= 4 is 11.9 Å². The second kappa shape index (κ2) is 6.64. The second-order valence-corrected chi connectivity index (χ2v) is 1.69. The normalized spacial score (nSPS) is 16.5. The molecular formula is C8H14O4. The Morgan fingerprint density at radius 1 is 1.08 bits per heavy atom. The van der Waals surface area contributed by atoms with Crippen LogP contribution in [0.5, 0.6) is 0 Å². The van der Waals surface area contributed by atoms with E-state index in [-0.39, 0.29) is 13.2 Å². The summed E-state index contributed by atoms with van der Waals surface area (Å²) >= 11 is 0. The minimum absolute atomic E-state index is 0.1000. The third kappa shape index (κ3) is 5.70. The highest BCUT2D eigenvalue weighted by atomic mass is 16.5. The molecule has 0 aromatic rings. The predicted molar refractivity (Wildman–Crippen MR) is 42.5 cm³/mol. The zero-order valence-corrected chi connectivity index (χ0v) is 7.05. The summed E-state index contributed by atoms with van der Waals surface area (Å²) in [7, 11) is 0. The molecule has 0 aromatic carbocycles. The summed E-state index contributed by atoms with van der Waals surface area (Å²) in [4.78, 5) is 22.4. The molecule has 4 nitrogen and oxygen atoms in total. The molecule has 0 aliphatic heterocycles. The van der Waals surface area contributed by atoms with Crippen molar-refractivity contribution in [1.82, 2.24) is 0 Å². The van der Waals surface area contributed by atoms with E-state index in [0.717, 1.165) is 0 Å². The van der Waals surface area contributed by atoms with Crippen molar-refractivity contribution in [2.24, 2.45) is 0 Å². The van der Waals surface area contributed by atoms with Crippen LogP contribution in [0.25, 0.3) is 0 Å². The summed E-state index contributed by atoms with van der Waals surface area (Å²) in [5.41, 5.74) is 0. The van der Waals surface area contributed by atoms with Crippen molar-refractivity contribution in [2.45, 2.75) is 26.6 Å². The Labute approximate surface area is 77.5 Å². The average molecular weight is 178 g/mol. The number of esters is 2. The van der Waals surface area contributed by atoms with Gasteiger partial charge in [-0.3, -0.25) is 9.59 Å². The van der Waals surface area contributed by atoms with Gasteiger partial charge >= 0.3 is 11.9 Å². The lowest BCUT2D eigenvalue weighted by Gasteiger charge is -2.01. The molecule has 0 atom stereocenters. The molecule has 0 saturated heterocycles. The van der Waals surface area contributed by atoms with Gasteiger partial charge in [-0.2, -0.15) is 0 Å². The Hall–Kier alpha value is -1.06. The van der Waals surface area contributed by atoms with Gasteiger partial charge in [-0.05, 0) is 13.8 Å². The fourth-order valence-corrected chi connectivity index (χ4v) is 0.436. The van der Waals surface area contributed by atoms with Crippen molar-refractivity contribution in [3.05, 3.63) is 0 Å². The third-order valence-corrected chi connectivity index (χ3v) is 0.817. The Morgan fingerprint density at radius 3 is 1.67 bits per heavy atom. The molecule has 4 heteroatoms. The standard InChI is InChI=1S/C8H14O4/c1-3-11-7(9)5-6-8(10)12-4-2/h3-6H2,1-2H3/i5D2,6D2. The summed E-state index contributed by atoms with van der Waals surface area (Å²) < 4.78 is 37.8. The highest BCUT2D eigenvalue weighted by Crippen LogP contribution is 1.95. The third-order valence-electron chi connectivity index (χ3n) is 0.817. The second-order valence-electron chi connectivity index (χ2n) is 1.69. The topological polar surface area (TPSA) is 52.6 Å². The molecule has 12 heavy (non-hydrogen) atoms. The van der Waals surface area contributed by atoms with E-state index in [9.17, 15) is 9.59 Å². The molecule has 0 rings (SSSR count). The van der Waals surface area contributed by atoms with E-state index < -0.39 is 24.7 Å². The van der Waals surface area contributed by atoms with Crippen LogP contribution in [0.4, 0.5) is 0 Å². The molecule has 0 bridgehead atoms. The zero-order valence-electron chi connectivity index (χ0n) is 11.0. The van der Waals surface area contributed by atoms with E-state index >= 15 is 0 Å². The molecule has 0 saturated carbocycles. The van der Waals surface area contributed by atoms with Gasteiger partial charge in [0.1, 0.15) is 0 Å². The van der Waals surface area contributed by atoms with Gasteiger partial charge in [-0.25, -0.2) is 0 Å². The predicted octanol–water partition coefficient (Wildman–Crippen LogP) is 0.893. The minimum atomic E-state index is -3.07. The van der Waals surface area contributed by atoms with Crippen molar-refractivity contribution in [3.8, 4) is 0 Å². The van der Waals surface area contributed by atoms with Crippen molar-refractivity contribution < 1.29 is 24.5 Å². The lowest BCUT2D eigenvalue weighted by molar-refractivity contribution is -0.149. The summed E-state index contributed by atoms with van der Waals surface area (Å²) in [5, 5.41) is 0.